The SMILES string of the molecule is COC1=C(OC)C(=O)C(C2COc3c(cc(O)c(OC)c3OC)C2)=CC1=O. The molecule has 0 bridgehead atoms. The fourth-order valence-corrected chi connectivity index (χ4v) is 3.36. The van der Waals surface area contributed by atoms with E-state index in [1.165, 1.54) is 40.6 Å². The Bertz CT molecular complexity index is 865. The summed E-state index contributed by atoms with van der Waals surface area (Å²) in [5.41, 5.74) is 0.917. The van der Waals surface area contributed by atoms with Crippen molar-refractivity contribution in [2.45, 2.75) is 6.42 Å². The van der Waals surface area contributed by atoms with Crippen LogP contribution >= 0.6 is 0 Å². The fraction of sp³-hybridized carbons (Fsp3) is 0.368. The van der Waals surface area contributed by atoms with E-state index in [2.05, 4.69) is 0 Å². The average Bonchev–Trinajstić information content (AvgIpc) is 2.67. The number of rotatable bonds is 5. The molecular formula is C19H20O8. The monoisotopic (exact) mass is 376 g/mol. The average molecular weight is 376 g/mol. The van der Waals surface area contributed by atoms with Gasteiger partial charge in [-0.3, -0.25) is 9.59 Å². The zero-order valence-corrected chi connectivity index (χ0v) is 15.5. The van der Waals surface area contributed by atoms with Crippen LogP contribution in [0.2, 0.25) is 0 Å². The Labute approximate surface area is 155 Å². The lowest BCUT2D eigenvalue weighted by molar-refractivity contribution is -0.121. The van der Waals surface area contributed by atoms with Gasteiger partial charge in [0.15, 0.2) is 11.5 Å². The summed E-state index contributed by atoms with van der Waals surface area (Å²) in [4.78, 5) is 25.0. The minimum absolute atomic E-state index is 0.100. The maximum absolute atomic E-state index is 12.7. The molecule has 1 aromatic rings. The fourth-order valence-electron chi connectivity index (χ4n) is 3.36. The molecule has 1 N–H and O–H groups in total. The highest BCUT2D eigenvalue weighted by atomic mass is 16.5. The highest BCUT2D eigenvalue weighted by molar-refractivity contribution is 6.21. The molecule has 0 aromatic heterocycles. The van der Waals surface area contributed by atoms with E-state index in [0.29, 0.717) is 17.7 Å². The molecule has 1 aliphatic carbocycles. The predicted molar refractivity (Wildman–Crippen MR) is 93.0 cm³/mol. The minimum atomic E-state index is -0.440. The van der Waals surface area contributed by atoms with Crippen molar-refractivity contribution in [2.24, 2.45) is 5.92 Å². The molecule has 2 aliphatic rings. The number of ether oxygens (including phenoxy) is 5. The Balaban J connectivity index is 1.97. The summed E-state index contributed by atoms with van der Waals surface area (Å²) in [5, 5.41) is 10.2. The van der Waals surface area contributed by atoms with E-state index in [-0.39, 0.29) is 40.9 Å². The Kier molecular flexibility index (Phi) is 4.98. The number of benzene rings is 1. The molecule has 0 saturated carbocycles. The third-order valence-corrected chi connectivity index (χ3v) is 4.58. The van der Waals surface area contributed by atoms with Crippen molar-refractivity contribution in [3.05, 3.63) is 34.8 Å². The topological polar surface area (TPSA) is 101 Å². The summed E-state index contributed by atoms with van der Waals surface area (Å²) >= 11 is 0. The molecule has 0 fully saturated rings. The minimum Gasteiger partial charge on any atom is -0.504 e. The first kappa shape index (κ1) is 18.6. The smallest absolute Gasteiger partial charge is 0.228 e. The summed E-state index contributed by atoms with van der Waals surface area (Å²) in [6.45, 7) is 0.154. The summed E-state index contributed by atoms with van der Waals surface area (Å²) in [6, 6.07) is 1.51. The van der Waals surface area contributed by atoms with Crippen LogP contribution in [0.25, 0.3) is 0 Å². The van der Waals surface area contributed by atoms with Crippen LogP contribution in [-0.4, -0.2) is 51.7 Å². The van der Waals surface area contributed by atoms with Crippen molar-refractivity contribution >= 4 is 11.6 Å². The lowest BCUT2D eigenvalue weighted by Crippen LogP contribution is -2.31. The van der Waals surface area contributed by atoms with Gasteiger partial charge in [-0.25, -0.2) is 0 Å². The number of carbonyl (C=O) groups is 2. The third kappa shape index (κ3) is 2.97. The zero-order valence-electron chi connectivity index (χ0n) is 15.5. The predicted octanol–water partition coefficient (Wildman–Crippen LogP) is 1.54. The Hall–Kier alpha value is -3.16. The molecule has 0 amide bonds. The summed E-state index contributed by atoms with van der Waals surface area (Å²) < 4.78 is 26.3. The Morgan fingerprint density at radius 1 is 1.00 bits per heavy atom. The van der Waals surface area contributed by atoms with Gasteiger partial charge in [0, 0.05) is 17.1 Å². The first-order chi connectivity index (χ1) is 13.0. The van der Waals surface area contributed by atoms with Crippen LogP contribution in [-0.2, 0) is 25.5 Å². The van der Waals surface area contributed by atoms with Gasteiger partial charge in [-0.15, -0.1) is 0 Å². The maximum atomic E-state index is 12.7. The lowest BCUT2D eigenvalue weighted by atomic mass is 9.84. The summed E-state index contributed by atoms with van der Waals surface area (Å²) in [7, 11) is 5.48. The molecule has 1 aromatic carbocycles. The van der Waals surface area contributed by atoms with Crippen molar-refractivity contribution in [3.8, 4) is 23.0 Å². The Morgan fingerprint density at radius 3 is 2.26 bits per heavy atom. The molecular weight excluding hydrogens is 356 g/mol. The molecule has 1 aliphatic heterocycles. The second kappa shape index (κ2) is 7.22. The van der Waals surface area contributed by atoms with E-state index in [1.807, 2.05) is 0 Å². The Morgan fingerprint density at radius 2 is 1.67 bits per heavy atom. The number of hydrogen-bond donors (Lipinski definition) is 1. The maximum Gasteiger partial charge on any atom is 0.228 e. The number of ketones is 2. The lowest BCUT2D eigenvalue weighted by Gasteiger charge is -2.30. The number of aromatic hydroxyl groups is 1. The second-order valence-corrected chi connectivity index (χ2v) is 6.02. The van der Waals surface area contributed by atoms with Crippen molar-refractivity contribution < 1.29 is 38.4 Å². The van der Waals surface area contributed by atoms with E-state index < -0.39 is 17.5 Å². The van der Waals surface area contributed by atoms with Crippen molar-refractivity contribution in [3.63, 3.8) is 0 Å². The van der Waals surface area contributed by atoms with Crippen molar-refractivity contribution in [1.29, 1.82) is 0 Å². The number of phenols is 1. The van der Waals surface area contributed by atoms with Crippen LogP contribution in [0.15, 0.2) is 29.2 Å². The van der Waals surface area contributed by atoms with Gasteiger partial charge in [0.2, 0.25) is 34.6 Å². The number of carbonyl (C=O) groups excluding carboxylic acids is 2. The zero-order chi connectivity index (χ0) is 19.7. The molecule has 1 heterocycles. The third-order valence-electron chi connectivity index (χ3n) is 4.58. The molecule has 8 nitrogen and oxygen atoms in total. The van der Waals surface area contributed by atoms with E-state index in [1.54, 1.807) is 0 Å². The van der Waals surface area contributed by atoms with E-state index in [0.717, 1.165) is 0 Å². The van der Waals surface area contributed by atoms with Crippen LogP contribution in [0.3, 0.4) is 0 Å². The van der Waals surface area contributed by atoms with Crippen molar-refractivity contribution in [2.75, 3.05) is 35.0 Å². The van der Waals surface area contributed by atoms with Crippen LogP contribution in [0.1, 0.15) is 5.56 Å². The molecule has 27 heavy (non-hydrogen) atoms. The highest BCUT2D eigenvalue weighted by Crippen LogP contribution is 2.49. The number of allylic oxidation sites excluding steroid dienone is 2. The van der Waals surface area contributed by atoms with E-state index in [4.69, 9.17) is 23.7 Å². The number of hydrogen-bond acceptors (Lipinski definition) is 8. The van der Waals surface area contributed by atoms with Gasteiger partial charge in [-0.05, 0) is 18.6 Å². The molecule has 0 saturated heterocycles. The van der Waals surface area contributed by atoms with Crippen LogP contribution in [0.5, 0.6) is 23.0 Å². The van der Waals surface area contributed by atoms with E-state index >= 15 is 0 Å². The standard InChI is InChI=1S/C19H20O8/c1-23-16-13(21)7-11(14(22)18(16)25-3)10-5-9-6-12(20)17(24-2)19(26-4)15(9)27-8-10/h6-7,10,20H,5,8H2,1-4H3. The van der Waals surface area contributed by atoms with E-state index in [9.17, 15) is 14.7 Å². The number of Topliss-reactive ketones (excluding diaryl/α,β-unsaturated/α-hetero) is 1. The molecule has 144 valence electrons. The van der Waals surface area contributed by atoms with Gasteiger partial charge >= 0.3 is 0 Å². The molecule has 0 spiro atoms. The van der Waals surface area contributed by atoms with Crippen LogP contribution < -0.4 is 14.2 Å². The van der Waals surface area contributed by atoms with Crippen molar-refractivity contribution in [1.82, 2.24) is 0 Å². The van der Waals surface area contributed by atoms with Crippen LogP contribution in [0, 0.1) is 5.92 Å². The quantitative estimate of drug-likeness (QED) is 0.773. The van der Waals surface area contributed by atoms with Gasteiger partial charge in [0.25, 0.3) is 0 Å². The number of phenolic OH excluding ortho intramolecular Hbond substituents is 1. The molecule has 3 rings (SSSR count). The van der Waals surface area contributed by atoms with Gasteiger partial charge in [0.05, 0.1) is 35.0 Å². The van der Waals surface area contributed by atoms with Gasteiger partial charge in [-0.1, -0.05) is 0 Å². The normalized spacial score (nSPS) is 19.1. The molecule has 1 atom stereocenters. The number of methoxy groups -OCH3 is 4. The summed E-state index contributed by atoms with van der Waals surface area (Å²) in [5.74, 6) is -0.698. The van der Waals surface area contributed by atoms with Crippen LogP contribution in [0.4, 0.5) is 0 Å². The number of fused-ring (bicyclic) bond motifs is 1. The molecule has 1 unspecified atom stereocenters. The second-order valence-electron chi connectivity index (χ2n) is 6.02. The first-order valence-corrected chi connectivity index (χ1v) is 8.19. The van der Waals surface area contributed by atoms with Gasteiger partial charge in [-0.2, -0.15) is 0 Å². The first-order valence-electron chi connectivity index (χ1n) is 8.19. The van der Waals surface area contributed by atoms with Gasteiger partial charge < -0.3 is 28.8 Å². The molecule has 0 radical (unpaired) electrons. The van der Waals surface area contributed by atoms with Gasteiger partial charge in [0.1, 0.15) is 0 Å². The largest absolute Gasteiger partial charge is 0.504 e. The summed E-state index contributed by atoms with van der Waals surface area (Å²) in [6.07, 6.45) is 1.62. The highest BCUT2D eigenvalue weighted by Gasteiger charge is 2.37. The molecule has 8 heteroatoms.